The van der Waals surface area contributed by atoms with Crippen LogP contribution >= 0.6 is 0 Å². The van der Waals surface area contributed by atoms with E-state index in [0.29, 0.717) is 43.1 Å². The van der Waals surface area contributed by atoms with Crippen LogP contribution in [0.5, 0.6) is 0 Å². The largest absolute Gasteiger partial charge is 0.444 e. The van der Waals surface area contributed by atoms with Crippen molar-refractivity contribution >= 4 is 40.3 Å². The van der Waals surface area contributed by atoms with Crippen LogP contribution in [0.3, 0.4) is 0 Å². The van der Waals surface area contributed by atoms with Gasteiger partial charge in [-0.15, -0.1) is 0 Å². The number of carbonyl (C=O) groups is 3. The Morgan fingerprint density at radius 3 is 2.45 bits per heavy atom. The summed E-state index contributed by atoms with van der Waals surface area (Å²) in [6.45, 7) is 11.3. The minimum Gasteiger partial charge on any atom is -0.444 e. The Bertz CT molecular complexity index is 1290. The molecule has 0 unspecified atom stereocenters. The molecule has 0 radical (unpaired) electrons. The average molecular weight is 522 g/mol. The second-order valence-electron chi connectivity index (χ2n) is 10.6. The fraction of sp³-hybridized carbons (Fsp3) is 0.444. The maximum Gasteiger partial charge on any atom is 0.408 e. The lowest BCUT2D eigenvalue weighted by Crippen LogP contribution is -2.57. The van der Waals surface area contributed by atoms with E-state index in [1.807, 2.05) is 19.9 Å². The predicted octanol–water partition coefficient (Wildman–Crippen LogP) is 3.41. The Morgan fingerprint density at radius 2 is 1.82 bits per heavy atom. The topological polar surface area (TPSA) is 133 Å². The highest BCUT2D eigenvalue weighted by Crippen LogP contribution is 2.33. The predicted molar refractivity (Wildman–Crippen MR) is 145 cm³/mol. The summed E-state index contributed by atoms with van der Waals surface area (Å²) < 4.78 is 5.36. The van der Waals surface area contributed by atoms with E-state index in [0.717, 1.165) is 11.1 Å². The van der Waals surface area contributed by atoms with E-state index < -0.39 is 17.7 Å². The number of piperazine rings is 1. The Balaban J connectivity index is 1.46. The average Bonchev–Trinajstić information content (AvgIpc) is 3.29. The van der Waals surface area contributed by atoms with Gasteiger partial charge in [0, 0.05) is 51.0 Å². The summed E-state index contributed by atoms with van der Waals surface area (Å²) in [7, 11) is 0. The number of aromatic nitrogens is 3. The zero-order valence-electron chi connectivity index (χ0n) is 22.4. The van der Waals surface area contributed by atoms with Crippen LogP contribution in [0.2, 0.25) is 0 Å². The van der Waals surface area contributed by atoms with E-state index >= 15 is 0 Å². The van der Waals surface area contributed by atoms with Gasteiger partial charge in [0.15, 0.2) is 0 Å². The van der Waals surface area contributed by atoms with Gasteiger partial charge in [-0.3, -0.25) is 14.6 Å². The second kappa shape index (κ2) is 11.1. The summed E-state index contributed by atoms with van der Waals surface area (Å²) in [5, 5.41) is 6.51. The summed E-state index contributed by atoms with van der Waals surface area (Å²) >= 11 is 0. The number of nitrogens with one attached hydrogen (secondary N) is 3. The van der Waals surface area contributed by atoms with Crippen molar-refractivity contribution in [1.29, 1.82) is 0 Å². The number of hydrogen-bond donors (Lipinski definition) is 3. The quantitative estimate of drug-likeness (QED) is 0.453. The van der Waals surface area contributed by atoms with Crippen LogP contribution in [0, 0.1) is 5.92 Å². The molecule has 3 N–H and O–H groups in total. The second-order valence-corrected chi connectivity index (χ2v) is 10.6. The molecule has 0 spiro atoms. The zero-order chi connectivity index (χ0) is 27.4. The first-order valence-electron chi connectivity index (χ1n) is 12.7. The van der Waals surface area contributed by atoms with Gasteiger partial charge in [-0.2, -0.15) is 0 Å². The summed E-state index contributed by atoms with van der Waals surface area (Å²) in [5.74, 6) is -0.489. The SMILES string of the molecule is CC(C)[C@@H](NC(=O)OC(C)(C)C)C(=O)N1CCN(c2ccnc3[nH]cc(NC(=O)c4cccnc4)c23)CC1. The summed E-state index contributed by atoms with van der Waals surface area (Å²) in [4.78, 5) is 53.9. The van der Waals surface area contributed by atoms with E-state index in [4.69, 9.17) is 4.74 Å². The van der Waals surface area contributed by atoms with Crippen LogP contribution in [0.15, 0.2) is 43.0 Å². The van der Waals surface area contributed by atoms with Crippen molar-refractivity contribution in [3.05, 3.63) is 48.5 Å². The van der Waals surface area contributed by atoms with Crippen molar-refractivity contribution in [2.45, 2.75) is 46.3 Å². The van der Waals surface area contributed by atoms with Crippen LogP contribution in [0.25, 0.3) is 11.0 Å². The van der Waals surface area contributed by atoms with Crippen molar-refractivity contribution in [3.63, 3.8) is 0 Å². The molecule has 0 aliphatic carbocycles. The summed E-state index contributed by atoms with van der Waals surface area (Å²) in [6.07, 6.45) is 5.98. The number of aromatic amines is 1. The number of pyridine rings is 2. The van der Waals surface area contributed by atoms with Crippen molar-refractivity contribution in [3.8, 4) is 0 Å². The van der Waals surface area contributed by atoms with E-state index in [1.54, 1.807) is 56.4 Å². The molecular weight excluding hydrogens is 486 g/mol. The van der Waals surface area contributed by atoms with Crippen molar-refractivity contribution < 1.29 is 19.1 Å². The van der Waals surface area contributed by atoms with Crippen LogP contribution in [0.4, 0.5) is 16.2 Å². The van der Waals surface area contributed by atoms with Crippen molar-refractivity contribution in [1.82, 2.24) is 25.2 Å². The monoisotopic (exact) mass is 521 g/mol. The van der Waals surface area contributed by atoms with Gasteiger partial charge < -0.3 is 30.2 Å². The molecule has 1 aliphatic rings. The maximum atomic E-state index is 13.3. The van der Waals surface area contributed by atoms with Crippen LogP contribution in [-0.4, -0.2) is 75.6 Å². The molecule has 0 aromatic carbocycles. The molecule has 1 atom stereocenters. The molecule has 202 valence electrons. The van der Waals surface area contributed by atoms with Gasteiger partial charge in [0.2, 0.25) is 5.91 Å². The molecule has 3 aromatic rings. The lowest BCUT2D eigenvalue weighted by atomic mass is 10.0. The first kappa shape index (κ1) is 26.9. The van der Waals surface area contributed by atoms with Crippen molar-refractivity contribution in [2.75, 3.05) is 36.4 Å². The molecule has 3 amide bonds. The van der Waals surface area contributed by atoms with E-state index in [-0.39, 0.29) is 17.7 Å². The molecule has 1 aliphatic heterocycles. The first-order valence-corrected chi connectivity index (χ1v) is 12.7. The number of hydrogen-bond acceptors (Lipinski definition) is 7. The third-order valence-corrected chi connectivity index (χ3v) is 6.26. The Morgan fingerprint density at radius 1 is 1.08 bits per heavy atom. The van der Waals surface area contributed by atoms with E-state index in [1.165, 1.54) is 6.20 Å². The summed E-state index contributed by atoms with van der Waals surface area (Å²) in [6, 6.07) is 4.65. The number of rotatable bonds is 6. The lowest BCUT2D eigenvalue weighted by molar-refractivity contribution is -0.134. The number of ether oxygens (including phenoxy) is 1. The molecule has 11 heteroatoms. The van der Waals surface area contributed by atoms with Gasteiger partial charge in [0.1, 0.15) is 17.3 Å². The molecule has 4 heterocycles. The van der Waals surface area contributed by atoms with Gasteiger partial charge in [0.05, 0.1) is 22.3 Å². The molecule has 0 saturated carbocycles. The van der Waals surface area contributed by atoms with Gasteiger partial charge in [0.25, 0.3) is 5.91 Å². The van der Waals surface area contributed by atoms with E-state index in [2.05, 4.69) is 30.5 Å². The van der Waals surface area contributed by atoms with Crippen LogP contribution in [0.1, 0.15) is 45.0 Å². The number of alkyl carbamates (subject to hydrolysis) is 1. The Kier molecular flexibility index (Phi) is 7.84. The molecular formula is C27H35N7O4. The van der Waals surface area contributed by atoms with E-state index in [9.17, 15) is 14.4 Å². The third-order valence-electron chi connectivity index (χ3n) is 6.26. The summed E-state index contributed by atoms with van der Waals surface area (Å²) in [5.41, 5.74) is 2.00. The standard InChI is InChI=1S/C27H35N7O4/c1-17(2)22(32-26(37)38-27(3,4)5)25(36)34-13-11-33(12-14-34)20-8-10-29-23-21(20)19(16-30-23)31-24(35)18-7-6-9-28-15-18/h6-10,15-17,22H,11-14H2,1-5H3,(H,29,30)(H,31,35)(H,32,37)/t22-/m1/s1. The van der Waals surface area contributed by atoms with Crippen LogP contribution < -0.4 is 15.5 Å². The van der Waals surface area contributed by atoms with Gasteiger partial charge in [-0.25, -0.2) is 9.78 Å². The number of nitrogens with zero attached hydrogens (tertiary/aromatic N) is 4. The number of H-pyrrole nitrogens is 1. The molecule has 1 fully saturated rings. The number of amides is 3. The zero-order valence-corrected chi connectivity index (χ0v) is 22.4. The first-order chi connectivity index (χ1) is 18.0. The molecule has 3 aromatic heterocycles. The minimum absolute atomic E-state index is 0.0984. The normalized spacial score (nSPS) is 14.9. The third kappa shape index (κ3) is 6.21. The molecule has 1 saturated heterocycles. The molecule has 38 heavy (non-hydrogen) atoms. The molecule has 4 rings (SSSR count). The minimum atomic E-state index is -0.678. The van der Waals surface area contributed by atoms with Crippen molar-refractivity contribution in [2.24, 2.45) is 5.92 Å². The Hall–Kier alpha value is -4.15. The fourth-order valence-electron chi connectivity index (χ4n) is 4.41. The Labute approximate surface area is 222 Å². The number of carbonyl (C=O) groups excluding carboxylic acids is 3. The highest BCUT2D eigenvalue weighted by atomic mass is 16.6. The van der Waals surface area contributed by atoms with Gasteiger partial charge in [-0.05, 0) is 44.9 Å². The highest BCUT2D eigenvalue weighted by Gasteiger charge is 2.32. The maximum absolute atomic E-state index is 13.3. The number of fused-ring (bicyclic) bond motifs is 1. The van der Waals surface area contributed by atoms with Gasteiger partial charge >= 0.3 is 6.09 Å². The molecule has 11 nitrogen and oxygen atoms in total. The number of anilines is 2. The van der Waals surface area contributed by atoms with Crippen LogP contribution in [-0.2, 0) is 9.53 Å². The lowest BCUT2D eigenvalue weighted by Gasteiger charge is -2.38. The molecule has 0 bridgehead atoms. The highest BCUT2D eigenvalue weighted by molar-refractivity contribution is 6.11. The van der Waals surface area contributed by atoms with Gasteiger partial charge in [-0.1, -0.05) is 13.8 Å². The smallest absolute Gasteiger partial charge is 0.408 e. The fourth-order valence-corrected chi connectivity index (χ4v) is 4.41.